The monoisotopic (exact) mass is 516 g/mol. The molecule has 12 heteroatoms. The first-order valence-electron chi connectivity index (χ1n) is 10.7. The highest BCUT2D eigenvalue weighted by Crippen LogP contribution is 2.45. The van der Waals surface area contributed by atoms with Crippen molar-refractivity contribution in [3.05, 3.63) is 65.6 Å². The summed E-state index contributed by atoms with van der Waals surface area (Å²) in [6, 6.07) is 10.9. The van der Waals surface area contributed by atoms with E-state index < -0.39 is 32.8 Å². The van der Waals surface area contributed by atoms with Crippen molar-refractivity contribution in [2.75, 3.05) is 26.0 Å². The number of sulfone groups is 1. The summed E-state index contributed by atoms with van der Waals surface area (Å²) in [6.07, 6.45) is 3.68. The predicted molar refractivity (Wildman–Crippen MR) is 129 cm³/mol. The molecule has 3 aromatic rings. The van der Waals surface area contributed by atoms with Gasteiger partial charge in [0.25, 0.3) is 5.91 Å². The Morgan fingerprint density at radius 1 is 1.17 bits per heavy atom. The maximum absolute atomic E-state index is 13.7. The van der Waals surface area contributed by atoms with Gasteiger partial charge in [-0.1, -0.05) is 0 Å². The maximum Gasteiger partial charge on any atom is 0.274 e. The van der Waals surface area contributed by atoms with Gasteiger partial charge in [-0.2, -0.15) is 0 Å². The van der Waals surface area contributed by atoms with E-state index >= 15 is 0 Å². The first-order chi connectivity index (χ1) is 16.8. The standard InChI is InChI=1S/C23H24N4O6S2/c1-33-17-4-2-16(3-5-17)19-6-7-20(34-19)23(14-21(28)26-30)8-11-27(12-13-35(23,31)32)22(29)18-15-24-9-10-25-18/h2-7,9-10,15,30H,8,11-14H2,1H3,(H,26,28). The fourth-order valence-electron chi connectivity index (χ4n) is 4.14. The summed E-state index contributed by atoms with van der Waals surface area (Å²) in [7, 11) is -2.35. The number of thiophene rings is 1. The van der Waals surface area contributed by atoms with Crippen LogP contribution in [-0.4, -0.2) is 66.3 Å². The lowest BCUT2D eigenvalue weighted by Gasteiger charge is -2.30. The highest BCUT2D eigenvalue weighted by molar-refractivity contribution is 7.92. The van der Waals surface area contributed by atoms with Crippen LogP contribution in [0.25, 0.3) is 10.4 Å². The Labute approximate surface area is 206 Å². The van der Waals surface area contributed by atoms with Gasteiger partial charge >= 0.3 is 0 Å². The first kappa shape index (κ1) is 24.8. The summed E-state index contributed by atoms with van der Waals surface area (Å²) >= 11 is 1.27. The van der Waals surface area contributed by atoms with Crippen LogP contribution in [0.1, 0.15) is 28.2 Å². The van der Waals surface area contributed by atoms with Gasteiger partial charge in [-0.05, 0) is 48.4 Å². The average Bonchev–Trinajstić information content (AvgIpc) is 3.34. The molecule has 0 radical (unpaired) electrons. The van der Waals surface area contributed by atoms with Gasteiger partial charge in [-0.15, -0.1) is 11.3 Å². The lowest BCUT2D eigenvalue weighted by Crippen LogP contribution is -2.41. The van der Waals surface area contributed by atoms with E-state index in [2.05, 4.69) is 9.97 Å². The second-order valence-corrected chi connectivity index (χ2v) is 11.6. The second-order valence-electron chi connectivity index (χ2n) is 8.05. The summed E-state index contributed by atoms with van der Waals surface area (Å²) < 4.78 is 30.9. The molecular formula is C23H24N4O6S2. The van der Waals surface area contributed by atoms with Crippen molar-refractivity contribution >= 4 is 33.0 Å². The number of hydroxylamine groups is 1. The average molecular weight is 517 g/mol. The molecule has 10 nitrogen and oxygen atoms in total. The van der Waals surface area contributed by atoms with Crippen LogP contribution in [0.2, 0.25) is 0 Å². The molecule has 1 aliphatic rings. The third-order valence-corrected chi connectivity index (χ3v) is 10.0. The van der Waals surface area contributed by atoms with E-state index in [-0.39, 0.29) is 31.0 Å². The van der Waals surface area contributed by atoms with Gasteiger partial charge in [0.15, 0.2) is 9.84 Å². The fourth-order valence-corrected chi connectivity index (χ4v) is 7.75. The number of nitrogens with one attached hydrogen (secondary N) is 1. The van der Waals surface area contributed by atoms with Gasteiger partial charge in [-0.3, -0.25) is 19.8 Å². The van der Waals surface area contributed by atoms with E-state index in [9.17, 15) is 23.2 Å². The topological polar surface area (TPSA) is 139 Å². The third-order valence-electron chi connectivity index (χ3n) is 6.08. The molecule has 2 aromatic heterocycles. The van der Waals surface area contributed by atoms with Crippen molar-refractivity contribution in [2.45, 2.75) is 17.6 Å². The minimum Gasteiger partial charge on any atom is -0.497 e. The predicted octanol–water partition coefficient (Wildman–Crippen LogP) is 2.27. The lowest BCUT2D eigenvalue weighted by molar-refractivity contribution is -0.129. The number of rotatable bonds is 6. The number of methoxy groups -OCH3 is 1. The highest BCUT2D eigenvalue weighted by Gasteiger charge is 2.50. The number of amides is 2. The number of ether oxygens (including phenoxy) is 1. The van der Waals surface area contributed by atoms with E-state index in [0.717, 1.165) is 10.4 Å². The largest absolute Gasteiger partial charge is 0.497 e. The summed E-state index contributed by atoms with van der Waals surface area (Å²) in [5, 5.41) is 9.21. The minimum absolute atomic E-state index is 0.0165. The van der Waals surface area contributed by atoms with Crippen molar-refractivity contribution < 1.29 is 28.0 Å². The van der Waals surface area contributed by atoms with Crippen molar-refractivity contribution in [1.82, 2.24) is 20.3 Å². The Morgan fingerprint density at radius 3 is 2.60 bits per heavy atom. The number of benzene rings is 1. The molecule has 1 saturated heterocycles. The molecule has 1 unspecified atom stereocenters. The minimum atomic E-state index is -3.92. The lowest BCUT2D eigenvalue weighted by atomic mass is 9.97. The van der Waals surface area contributed by atoms with Crippen molar-refractivity contribution in [2.24, 2.45) is 0 Å². The number of nitrogens with zero attached hydrogens (tertiary/aromatic N) is 3. The molecule has 0 spiro atoms. The first-order valence-corrected chi connectivity index (χ1v) is 13.2. The van der Waals surface area contributed by atoms with E-state index in [1.54, 1.807) is 18.7 Å². The van der Waals surface area contributed by atoms with E-state index in [4.69, 9.17) is 4.74 Å². The van der Waals surface area contributed by atoms with E-state index in [0.29, 0.717) is 10.6 Å². The van der Waals surface area contributed by atoms with Gasteiger partial charge in [-0.25, -0.2) is 18.9 Å². The summed E-state index contributed by atoms with van der Waals surface area (Å²) in [6.45, 7) is 0.0417. The summed E-state index contributed by atoms with van der Waals surface area (Å²) in [4.78, 5) is 35.9. The zero-order valence-electron chi connectivity index (χ0n) is 18.9. The number of aromatic nitrogens is 2. The van der Waals surface area contributed by atoms with Crippen LogP contribution in [0.15, 0.2) is 55.0 Å². The molecule has 0 saturated carbocycles. The van der Waals surface area contributed by atoms with Crippen LogP contribution < -0.4 is 10.2 Å². The van der Waals surface area contributed by atoms with Crippen molar-refractivity contribution in [1.29, 1.82) is 0 Å². The molecule has 0 bridgehead atoms. The molecule has 0 aliphatic carbocycles. The Hall–Kier alpha value is -3.35. The van der Waals surface area contributed by atoms with Crippen molar-refractivity contribution in [3.8, 4) is 16.2 Å². The molecule has 1 aliphatic heterocycles. The Bertz CT molecular complexity index is 1310. The zero-order valence-corrected chi connectivity index (χ0v) is 20.5. The van der Waals surface area contributed by atoms with Gasteiger partial charge in [0.05, 0.1) is 25.5 Å². The maximum atomic E-state index is 13.7. The SMILES string of the molecule is COc1ccc(-c2ccc(C3(CC(=O)NO)CCN(C(=O)c4cnccn4)CCS3(=O)=O)s2)cc1. The molecular weight excluding hydrogens is 492 g/mol. The molecule has 2 amide bonds. The number of carbonyl (C=O) groups is 2. The molecule has 2 N–H and O–H groups in total. The fraction of sp³-hybridized carbons (Fsp3) is 0.304. The molecule has 184 valence electrons. The molecule has 3 heterocycles. The van der Waals surface area contributed by atoms with Crippen LogP contribution in [-0.2, 0) is 19.4 Å². The smallest absolute Gasteiger partial charge is 0.274 e. The van der Waals surface area contributed by atoms with Crippen LogP contribution in [0.3, 0.4) is 0 Å². The van der Waals surface area contributed by atoms with Gasteiger partial charge in [0.1, 0.15) is 16.2 Å². The van der Waals surface area contributed by atoms with Crippen LogP contribution >= 0.6 is 11.3 Å². The van der Waals surface area contributed by atoms with E-state index in [1.165, 1.54) is 34.8 Å². The van der Waals surface area contributed by atoms with Crippen molar-refractivity contribution in [3.63, 3.8) is 0 Å². The normalized spacial score (nSPS) is 19.5. The molecule has 1 atom stereocenters. The quantitative estimate of drug-likeness (QED) is 0.376. The summed E-state index contributed by atoms with van der Waals surface area (Å²) in [5.41, 5.74) is 2.55. The van der Waals surface area contributed by atoms with Crippen LogP contribution in [0, 0.1) is 0 Å². The third kappa shape index (κ3) is 4.90. The Kier molecular flexibility index (Phi) is 7.15. The molecule has 35 heavy (non-hydrogen) atoms. The second kappa shape index (κ2) is 10.1. The van der Waals surface area contributed by atoms with Gasteiger partial charge < -0.3 is 9.64 Å². The Morgan fingerprint density at radius 2 is 1.94 bits per heavy atom. The number of hydrogen-bond donors (Lipinski definition) is 2. The molecule has 4 rings (SSSR count). The van der Waals surface area contributed by atoms with Gasteiger partial charge in [0.2, 0.25) is 5.91 Å². The van der Waals surface area contributed by atoms with Crippen LogP contribution in [0.4, 0.5) is 0 Å². The molecule has 1 aromatic carbocycles. The van der Waals surface area contributed by atoms with Gasteiger partial charge in [0, 0.05) is 35.2 Å². The van der Waals surface area contributed by atoms with E-state index in [1.807, 2.05) is 30.3 Å². The number of carbonyl (C=O) groups excluding carboxylic acids is 2. The molecule has 1 fully saturated rings. The summed E-state index contributed by atoms with van der Waals surface area (Å²) in [5.74, 6) is -0.892. The highest BCUT2D eigenvalue weighted by atomic mass is 32.2. The number of hydrogen-bond acceptors (Lipinski definition) is 9. The Balaban J connectivity index is 1.71. The van der Waals surface area contributed by atoms with Crippen LogP contribution in [0.5, 0.6) is 5.75 Å². The zero-order chi connectivity index (χ0) is 25.1.